The first-order valence-electron chi connectivity index (χ1n) is 16.5. The second-order valence-corrected chi connectivity index (χ2v) is 14.0. The van der Waals surface area contributed by atoms with E-state index < -0.39 is 30.1 Å². The third kappa shape index (κ3) is 8.47. The minimum atomic E-state index is -0.638. The van der Waals surface area contributed by atoms with E-state index >= 15 is 0 Å². The van der Waals surface area contributed by atoms with Gasteiger partial charge in [-0.05, 0) is 87.9 Å². The number of anilines is 1. The molecule has 3 atom stereocenters. The summed E-state index contributed by atoms with van der Waals surface area (Å²) in [5.74, 6) is 0.996. The maximum Gasteiger partial charge on any atom is 0.407 e. The fraction of sp³-hybridized carbons (Fsp3) is 0.432. The van der Waals surface area contributed by atoms with Crippen LogP contribution in [0.4, 0.5) is 10.5 Å². The van der Waals surface area contributed by atoms with Gasteiger partial charge in [0.05, 0.1) is 31.4 Å². The summed E-state index contributed by atoms with van der Waals surface area (Å²) in [6.45, 7) is 9.05. The van der Waals surface area contributed by atoms with Gasteiger partial charge in [0.15, 0.2) is 0 Å². The second-order valence-electron chi connectivity index (χ2n) is 13.5. The van der Waals surface area contributed by atoms with Gasteiger partial charge in [0, 0.05) is 41.5 Å². The van der Waals surface area contributed by atoms with Crippen LogP contribution in [0.3, 0.4) is 0 Å². The molecule has 2 aliphatic rings. The lowest BCUT2D eigenvalue weighted by Gasteiger charge is -2.37. The molecule has 2 unspecified atom stereocenters. The van der Waals surface area contributed by atoms with Gasteiger partial charge in [-0.3, -0.25) is 9.79 Å². The smallest absolute Gasteiger partial charge is 0.407 e. The van der Waals surface area contributed by atoms with Gasteiger partial charge >= 0.3 is 6.09 Å². The molecule has 11 heteroatoms. The van der Waals surface area contributed by atoms with Gasteiger partial charge in [-0.25, -0.2) is 4.79 Å². The molecule has 10 nitrogen and oxygen atoms in total. The Morgan fingerprint density at radius 1 is 1.06 bits per heavy atom. The van der Waals surface area contributed by atoms with Crippen molar-refractivity contribution in [2.75, 3.05) is 25.1 Å². The molecule has 5 N–H and O–H groups in total. The molecule has 3 aromatic carbocycles. The number of carbonyl (C=O) groups is 2. The number of alkyl carbamates (subject to hydrolysis) is 1. The fourth-order valence-electron chi connectivity index (χ4n) is 6.43. The van der Waals surface area contributed by atoms with Gasteiger partial charge < -0.3 is 36.1 Å². The number of piperidine rings is 1. The fourth-order valence-corrected chi connectivity index (χ4v) is 6.55. The highest BCUT2D eigenvalue weighted by molar-refractivity contribution is 6.30. The summed E-state index contributed by atoms with van der Waals surface area (Å²) in [5.41, 5.74) is 18.3. The normalized spacial score (nSPS) is 19.1. The Kier molecular flexibility index (Phi) is 11.0. The summed E-state index contributed by atoms with van der Waals surface area (Å²) in [6, 6.07) is 20.9. The Balaban J connectivity index is 1.31. The Morgan fingerprint density at radius 2 is 1.77 bits per heavy atom. The van der Waals surface area contributed by atoms with Gasteiger partial charge in [0.2, 0.25) is 5.91 Å². The molecule has 2 aliphatic heterocycles. The van der Waals surface area contributed by atoms with Crippen molar-refractivity contribution in [1.29, 1.82) is 0 Å². The number of aliphatic imine (C=N–C) groups is 1. The van der Waals surface area contributed by atoms with E-state index in [1.807, 2.05) is 92.1 Å². The number of rotatable bonds is 8. The first-order chi connectivity index (χ1) is 22.8. The quantitative estimate of drug-likeness (QED) is 0.275. The van der Waals surface area contributed by atoms with Crippen LogP contribution in [0.5, 0.6) is 5.75 Å². The summed E-state index contributed by atoms with van der Waals surface area (Å²) >= 11 is 6.23. The van der Waals surface area contributed by atoms with Gasteiger partial charge in [-0.15, -0.1) is 0 Å². The lowest BCUT2D eigenvalue weighted by molar-refractivity contribution is -0.132. The maximum absolute atomic E-state index is 13.9. The van der Waals surface area contributed by atoms with Gasteiger partial charge in [-0.1, -0.05) is 48.0 Å². The highest BCUT2D eigenvalue weighted by Crippen LogP contribution is 2.35. The average molecular weight is 675 g/mol. The van der Waals surface area contributed by atoms with Crippen LogP contribution in [0.25, 0.3) is 0 Å². The second kappa shape index (κ2) is 15.0. The van der Waals surface area contributed by atoms with E-state index in [1.54, 1.807) is 7.11 Å². The molecule has 5 rings (SSSR count). The van der Waals surface area contributed by atoms with E-state index in [1.165, 1.54) is 5.56 Å². The zero-order valence-electron chi connectivity index (χ0n) is 28.4. The van der Waals surface area contributed by atoms with Gasteiger partial charge in [0.25, 0.3) is 0 Å². The van der Waals surface area contributed by atoms with E-state index in [0.29, 0.717) is 42.0 Å². The van der Waals surface area contributed by atoms with Crippen molar-refractivity contribution in [3.63, 3.8) is 0 Å². The van der Waals surface area contributed by atoms with Crippen molar-refractivity contribution in [3.05, 3.63) is 94.0 Å². The molecule has 2 heterocycles. The molecule has 3 aromatic rings. The van der Waals surface area contributed by atoms with E-state index in [-0.39, 0.29) is 12.3 Å². The lowest BCUT2D eigenvalue weighted by atomic mass is 9.88. The van der Waals surface area contributed by atoms with Crippen LogP contribution >= 0.6 is 11.6 Å². The minimum absolute atomic E-state index is 0.0107. The maximum atomic E-state index is 13.9. The minimum Gasteiger partial charge on any atom is -0.497 e. The van der Waals surface area contributed by atoms with Crippen molar-refractivity contribution < 1.29 is 19.1 Å². The summed E-state index contributed by atoms with van der Waals surface area (Å²) in [4.78, 5) is 35.0. The number of likely N-dealkylation sites (tertiary alicyclic amines) is 1. The third-order valence-electron chi connectivity index (χ3n) is 8.79. The number of nitrogens with zero attached hydrogens (tertiary/aromatic N) is 3. The molecule has 1 saturated heterocycles. The predicted octanol–water partition coefficient (Wildman–Crippen LogP) is 5.79. The molecule has 0 bridgehead atoms. The molecule has 256 valence electrons. The van der Waals surface area contributed by atoms with E-state index in [9.17, 15) is 9.59 Å². The highest BCUT2D eigenvalue weighted by Gasteiger charge is 2.36. The standard InChI is InChI=1S/C37H47ClN6O4/c1-23(39)44-32-14-13-29(47-5)20-30(32)34(26-9-11-28(38)12-10-26)42-31(35(44)40)21-33(45)43-17-15-25(16-18-43)27-8-6-7-24(19-27)22-41-36(46)48-37(2,3)4/h6-14,19-20,23,25,31,35H,15-18,21-22,39-40H2,1-5H3,(H,41,46)/t23?,31-,35?/m0/s1. The average Bonchev–Trinajstić information content (AvgIpc) is 3.17. The predicted molar refractivity (Wildman–Crippen MR) is 191 cm³/mol. The Morgan fingerprint density at radius 3 is 2.42 bits per heavy atom. The number of ether oxygens (including phenoxy) is 2. The zero-order chi connectivity index (χ0) is 34.6. The molecule has 0 saturated carbocycles. The van der Waals surface area contributed by atoms with E-state index in [0.717, 1.165) is 35.2 Å². The number of nitrogens with two attached hydrogens (primary N) is 2. The number of methoxy groups -OCH3 is 1. The number of nitrogens with one attached hydrogen (secondary N) is 1. The van der Waals surface area contributed by atoms with Crippen LogP contribution in [0.15, 0.2) is 71.7 Å². The van der Waals surface area contributed by atoms with Crippen molar-refractivity contribution in [3.8, 4) is 5.75 Å². The van der Waals surface area contributed by atoms with E-state index in [2.05, 4.69) is 17.4 Å². The molecule has 0 aromatic heterocycles. The molecule has 0 aliphatic carbocycles. The van der Waals surface area contributed by atoms with Gasteiger partial charge in [0.1, 0.15) is 17.5 Å². The summed E-state index contributed by atoms with van der Waals surface area (Å²) in [5, 5.41) is 3.45. The van der Waals surface area contributed by atoms with Crippen molar-refractivity contribution in [2.45, 2.75) is 83.4 Å². The zero-order valence-corrected chi connectivity index (χ0v) is 29.2. The molecule has 48 heavy (non-hydrogen) atoms. The van der Waals surface area contributed by atoms with Crippen LogP contribution in [-0.4, -0.2) is 66.8 Å². The first kappa shape index (κ1) is 35.2. The SMILES string of the molecule is COc1ccc2c(c1)C(c1ccc(Cl)cc1)=N[C@@H](CC(=O)N1CCC(c3cccc(CNC(=O)OC(C)(C)C)c3)CC1)C(N)N2C(C)N. The summed E-state index contributed by atoms with van der Waals surface area (Å²) < 4.78 is 10.9. The van der Waals surface area contributed by atoms with Crippen molar-refractivity contribution >= 4 is 35.0 Å². The van der Waals surface area contributed by atoms with Crippen LogP contribution in [0.2, 0.25) is 5.02 Å². The number of halogens is 1. The number of carbonyl (C=O) groups excluding carboxylic acids is 2. The van der Waals surface area contributed by atoms with Crippen molar-refractivity contribution in [2.24, 2.45) is 16.5 Å². The molecule has 2 amide bonds. The number of benzene rings is 3. The molecule has 1 fully saturated rings. The monoisotopic (exact) mass is 674 g/mol. The first-order valence-corrected chi connectivity index (χ1v) is 16.9. The number of amides is 2. The van der Waals surface area contributed by atoms with E-state index in [4.69, 9.17) is 37.5 Å². The Hall–Kier alpha value is -4.12. The molecule has 0 spiro atoms. The Bertz CT molecular complexity index is 1630. The van der Waals surface area contributed by atoms with Gasteiger partial charge in [-0.2, -0.15) is 0 Å². The number of hydrogen-bond acceptors (Lipinski definition) is 8. The Labute approximate surface area is 288 Å². The van der Waals surface area contributed by atoms with Crippen LogP contribution < -0.4 is 26.4 Å². The molecular formula is C37H47ClN6O4. The topological polar surface area (TPSA) is 136 Å². The highest BCUT2D eigenvalue weighted by atomic mass is 35.5. The summed E-state index contributed by atoms with van der Waals surface area (Å²) in [7, 11) is 1.62. The largest absolute Gasteiger partial charge is 0.497 e. The van der Waals surface area contributed by atoms with Crippen LogP contribution in [0, 0.1) is 0 Å². The third-order valence-corrected chi connectivity index (χ3v) is 9.05. The number of fused-ring (bicyclic) bond motifs is 1. The van der Waals surface area contributed by atoms with Crippen LogP contribution in [0.1, 0.15) is 75.1 Å². The number of hydrogen-bond donors (Lipinski definition) is 3. The molecule has 0 radical (unpaired) electrons. The van der Waals surface area contributed by atoms with Crippen molar-refractivity contribution in [1.82, 2.24) is 10.2 Å². The number of benzodiazepines with no additional fused rings is 1. The molecular weight excluding hydrogens is 628 g/mol. The van der Waals surface area contributed by atoms with Crippen LogP contribution in [-0.2, 0) is 16.1 Å². The lowest BCUT2D eigenvalue weighted by Crippen LogP contribution is -2.56. The summed E-state index contributed by atoms with van der Waals surface area (Å²) in [6.07, 6.45) is 0.300.